The third-order valence-corrected chi connectivity index (χ3v) is 20.5. The SMILES string of the molecule is C=C/C=C/C=C/C=C/C=C/I.C=C/C=C/C=C/C=C/I.C=C/C=C/C=C/I.C=C/C=C/I.C=C/C=C1/C(Cl)=C(/C=C/I)c2ccccc21.C=C/C=C1C=C(/C=C/I)CCC/1.C=C/C=C1\CC(/C=C/I)=C1Cl.C=C/C=C1\CC(OC)CC(/C=C/I)=C1Cl.C=C/C=C1\CCC(/C=C/I)=C1Cl.C=C/C=C1\CCCC(/C=C/I)=C1Cl.C=CI. The van der Waals surface area contributed by atoms with Crippen molar-refractivity contribution in [3.8, 4) is 0 Å². The Kier molecular flexibility index (Phi) is 91.6. The Morgan fingerprint density at radius 2 is 0.702 bits per heavy atom. The molecule has 1 atom stereocenters. The summed E-state index contributed by atoms with van der Waals surface area (Å²) in [5.74, 6) is 0. The van der Waals surface area contributed by atoms with Gasteiger partial charge in [-0.1, -0.05) is 634 Å². The normalized spacial score (nSPS) is 18.1. The van der Waals surface area contributed by atoms with E-state index in [0.717, 1.165) is 92.4 Å². The van der Waals surface area contributed by atoms with Crippen molar-refractivity contribution in [2.45, 2.75) is 76.7 Å². The van der Waals surface area contributed by atoms with Crippen LogP contribution in [0.25, 0.3) is 11.1 Å². The fourth-order valence-corrected chi connectivity index (χ4v) is 14.5. The Morgan fingerprint density at radius 1 is 0.325 bits per heavy atom. The standard InChI is InChI=1S/C14H10ClI.C12H14ClIO.C11H12ClI.C11H13I.C10H10ClI.C10H11I.C9H8ClI.C8H9I.C6H7I.C4H5I.C2H3I/c1-2-5-12-10-6-3-4-7-11(10)13(8-9-16)14(12)15;1-3-4-9-7-11(15-2)8-10(5-6-14)12(9)13;1-2-4-9-5-3-6-10(7-8-13)11(9)12;1-2-4-10-5-3-6-11(9-10)7-8-12;1-2-3-8-4-5-9(6-7-12)10(8)11;1-2-3-4-5-6-7-8-9-10-11;1-2-3-7-6-8(4-5-11)9(7)10;1-2-3-4-5-6-7-8-9;1-2-3-4-5-6-7;1-2-3-4-5;1-2-3/h2-9H,1H2;3-6,11H,1,7-8H2,2H3;2,4,7-8H,1,3,5-6H2;2,4,7-9H,1,3,5-6H2;2-3,6-7H,1,4-5H2;2-10H,1H2;2-5H,1,6H2;2-8H,1H2;2-6H,1H2;2-4H,1H2;2H,1H2/b9-8+,12-5+;6-5+,9-4+;8-7+,9-4+;8-7+,10-4+;7-6+,8-3+;4-3+,6-5+,8-7+,10-9+;5-4+,7-3+;4-3+,6-5+,8-7+;4-3+,6-5+;4-3+;. The van der Waals surface area contributed by atoms with Crippen LogP contribution in [-0.4, -0.2) is 13.2 Å². The lowest BCUT2D eigenvalue weighted by atomic mass is 9.92. The van der Waals surface area contributed by atoms with Crippen LogP contribution in [-0.2, 0) is 4.74 Å². The Hall–Kier alpha value is -1.48. The van der Waals surface area contributed by atoms with E-state index in [1.54, 1.807) is 65.9 Å². The lowest BCUT2D eigenvalue weighted by Crippen LogP contribution is -2.17. The molecule has 1 aromatic carbocycles. The van der Waals surface area contributed by atoms with E-state index in [-0.39, 0.29) is 6.10 Å². The molecule has 0 radical (unpaired) electrons. The smallest absolute Gasteiger partial charge is 0.0653 e. The molecular weight excluding hydrogens is 2750 g/mol. The van der Waals surface area contributed by atoms with Crippen molar-refractivity contribution in [3.05, 3.63) is 471 Å². The van der Waals surface area contributed by atoms with Gasteiger partial charge in [0.2, 0.25) is 0 Å². The van der Waals surface area contributed by atoms with Gasteiger partial charge in [-0.05, 0) is 169 Å². The first-order chi connectivity index (χ1) is 55.3. The first-order valence-corrected chi connectivity index (χ1v) is 50.5. The van der Waals surface area contributed by atoms with E-state index in [0.29, 0.717) is 0 Å². The number of benzene rings is 1. The Bertz CT molecular complexity index is 4090. The van der Waals surface area contributed by atoms with Crippen molar-refractivity contribution in [1.82, 2.24) is 0 Å². The van der Waals surface area contributed by atoms with Gasteiger partial charge in [0.15, 0.2) is 0 Å². The third-order valence-electron chi connectivity index (χ3n) is 14.3. The molecule has 0 aromatic heterocycles. The summed E-state index contributed by atoms with van der Waals surface area (Å²) in [7, 11) is 1.74. The highest BCUT2D eigenvalue weighted by atomic mass is 127. The maximum Gasteiger partial charge on any atom is 0.0653 e. The maximum absolute atomic E-state index is 6.38. The van der Waals surface area contributed by atoms with Gasteiger partial charge in [0.1, 0.15) is 0 Å². The van der Waals surface area contributed by atoms with Gasteiger partial charge < -0.3 is 4.74 Å². The van der Waals surface area contributed by atoms with Gasteiger partial charge in [-0.2, -0.15) is 0 Å². The van der Waals surface area contributed by atoms with Crippen molar-refractivity contribution in [1.29, 1.82) is 0 Å². The second kappa shape index (κ2) is 87.9. The van der Waals surface area contributed by atoms with Crippen LogP contribution in [0.4, 0.5) is 0 Å². The topological polar surface area (TPSA) is 9.23 Å². The number of halogens is 16. The largest absolute Gasteiger partial charge is 0.381 e. The summed E-state index contributed by atoms with van der Waals surface area (Å²) in [5, 5.41) is 4.35. The minimum atomic E-state index is 0.223. The van der Waals surface area contributed by atoms with Crippen molar-refractivity contribution < 1.29 is 4.74 Å². The minimum Gasteiger partial charge on any atom is -0.381 e. The van der Waals surface area contributed by atoms with Gasteiger partial charge >= 0.3 is 0 Å². The van der Waals surface area contributed by atoms with Gasteiger partial charge in [-0.15, -0.1) is 0 Å². The zero-order chi connectivity index (χ0) is 86.2. The van der Waals surface area contributed by atoms with Crippen LogP contribution in [0, 0.1) is 0 Å². The predicted molar refractivity (Wildman–Crippen MR) is 621 cm³/mol. The molecule has 6 aliphatic carbocycles. The average molecular weight is 2860 g/mol. The maximum atomic E-state index is 6.38. The minimum absolute atomic E-state index is 0.223. The number of fused-ring (bicyclic) bond motifs is 1. The third kappa shape index (κ3) is 60.1. The van der Waals surface area contributed by atoms with E-state index in [9.17, 15) is 0 Å². The summed E-state index contributed by atoms with van der Waals surface area (Å²) < 4.78 is 26.9. The first-order valence-electron chi connectivity index (χ1n) is 34.9. The summed E-state index contributed by atoms with van der Waals surface area (Å²) in [4.78, 5) is 0. The molecule has 0 saturated carbocycles. The molecule has 0 fully saturated rings. The van der Waals surface area contributed by atoms with Gasteiger partial charge in [-0.25, -0.2) is 0 Å². The monoisotopic (exact) mass is 2850 g/mol. The van der Waals surface area contributed by atoms with Crippen LogP contribution in [0.1, 0.15) is 81.8 Å². The highest BCUT2D eigenvalue weighted by Crippen LogP contribution is 2.44. The molecule has 1 nitrogen and oxygen atoms in total. The molecule has 1 unspecified atom stereocenters. The molecule has 608 valence electrons. The summed E-state index contributed by atoms with van der Waals surface area (Å²) in [5.41, 5.74) is 16.9. The van der Waals surface area contributed by atoms with Crippen molar-refractivity contribution in [3.63, 3.8) is 0 Å². The number of allylic oxidation sites excluding steroid dienone is 54. The zero-order valence-electron chi connectivity index (χ0n) is 64.3. The van der Waals surface area contributed by atoms with Gasteiger partial charge in [-0.3, -0.25) is 0 Å². The highest BCUT2D eigenvalue weighted by molar-refractivity contribution is 14.1. The van der Waals surface area contributed by atoms with E-state index in [2.05, 4.69) is 367 Å². The summed E-state index contributed by atoms with van der Waals surface area (Å²) in [6.07, 6.45) is 87.4. The first kappa shape index (κ1) is 119. The fraction of sp³-hybridized carbons (Fsp3) is 0.134. The number of rotatable bonds is 23. The average Bonchev–Trinajstić information content (AvgIpc) is 1.63. The summed E-state index contributed by atoms with van der Waals surface area (Å²) in [6, 6.07) is 8.23. The van der Waals surface area contributed by atoms with Crippen LogP contribution in [0.2, 0.25) is 0 Å². The Balaban J connectivity index is -0.000000594. The number of hydrogen-bond acceptors (Lipinski definition) is 1. The quantitative estimate of drug-likeness (QED) is 0.0784. The van der Waals surface area contributed by atoms with E-state index >= 15 is 0 Å². The van der Waals surface area contributed by atoms with Crippen molar-refractivity contribution in [2.24, 2.45) is 0 Å². The number of hydrogen-bond donors (Lipinski definition) is 0. The molecule has 0 bridgehead atoms. The molecule has 17 heteroatoms. The zero-order valence-corrected chi connectivity index (χ0v) is 91.8. The fourth-order valence-electron chi connectivity index (χ4n) is 9.42. The molecule has 0 heterocycles. The van der Waals surface area contributed by atoms with E-state index in [1.807, 2.05) is 201 Å². The molecule has 0 N–H and O–H groups in total. The molecular formula is C97H102Cl5I11O. The van der Waals surface area contributed by atoms with Crippen LogP contribution >= 0.6 is 307 Å². The predicted octanol–water partition coefficient (Wildman–Crippen LogP) is 40.1. The van der Waals surface area contributed by atoms with Crippen molar-refractivity contribution >= 4 is 318 Å². The second-order valence-corrected chi connectivity index (χ2v) is 31.9. The molecule has 0 spiro atoms. The molecule has 0 aliphatic heterocycles. The summed E-state index contributed by atoms with van der Waals surface area (Å²) in [6.45, 7) is 39.5. The second-order valence-electron chi connectivity index (χ2n) is 21.9. The molecule has 114 heavy (non-hydrogen) atoms. The molecule has 6 aliphatic rings. The number of methoxy groups -OCH3 is 1. The van der Waals surface area contributed by atoms with Crippen molar-refractivity contribution in [2.75, 3.05) is 7.11 Å². The van der Waals surface area contributed by atoms with Gasteiger partial charge in [0.25, 0.3) is 0 Å². The Labute approximate surface area is 862 Å². The Morgan fingerprint density at radius 3 is 1.13 bits per heavy atom. The number of ether oxygens (including phenoxy) is 1. The molecule has 1 aromatic rings. The molecule has 0 saturated heterocycles. The van der Waals surface area contributed by atoms with E-state index < -0.39 is 0 Å². The van der Waals surface area contributed by atoms with E-state index in [1.165, 1.54) is 81.4 Å². The van der Waals surface area contributed by atoms with Crippen LogP contribution in [0.15, 0.2) is 459 Å². The molecule has 0 amide bonds. The van der Waals surface area contributed by atoms with Gasteiger partial charge in [0.05, 0.1) is 11.1 Å². The lowest BCUT2D eigenvalue weighted by Gasteiger charge is -2.24. The highest BCUT2D eigenvalue weighted by Gasteiger charge is 2.24. The van der Waals surface area contributed by atoms with Crippen LogP contribution < -0.4 is 0 Å². The van der Waals surface area contributed by atoms with Crippen LogP contribution in [0.3, 0.4) is 0 Å². The summed E-state index contributed by atoms with van der Waals surface area (Å²) >= 11 is 54.9. The van der Waals surface area contributed by atoms with Crippen LogP contribution in [0.5, 0.6) is 0 Å². The lowest BCUT2D eigenvalue weighted by molar-refractivity contribution is 0.102. The molecule has 7 rings (SSSR count). The van der Waals surface area contributed by atoms with Gasteiger partial charge in [0, 0.05) is 57.6 Å². The van der Waals surface area contributed by atoms with E-state index in [4.69, 9.17) is 62.7 Å².